The van der Waals surface area contributed by atoms with Crippen LogP contribution in [0.1, 0.15) is 24.1 Å². The zero-order valence-corrected chi connectivity index (χ0v) is 11.5. The molecule has 2 aromatic carbocycles. The molecule has 0 aliphatic heterocycles. The van der Waals surface area contributed by atoms with Crippen molar-refractivity contribution in [3.8, 4) is 0 Å². The normalized spacial score (nSPS) is 12.4. The SMILES string of the molecule is CCNC(c1ccnnc1)c1ccc2ccccc2c1. The Labute approximate surface area is 118 Å². The highest BCUT2D eigenvalue weighted by Gasteiger charge is 2.13. The summed E-state index contributed by atoms with van der Waals surface area (Å²) in [4.78, 5) is 0. The molecule has 3 heteroatoms. The second-order valence-electron chi connectivity index (χ2n) is 4.77. The summed E-state index contributed by atoms with van der Waals surface area (Å²) in [6, 6.07) is 17.2. The van der Waals surface area contributed by atoms with E-state index < -0.39 is 0 Å². The number of nitrogens with zero attached hydrogens (tertiary/aromatic N) is 2. The number of nitrogens with one attached hydrogen (secondary N) is 1. The van der Waals surface area contributed by atoms with E-state index in [1.807, 2.05) is 12.3 Å². The Bertz CT molecular complexity index is 695. The van der Waals surface area contributed by atoms with E-state index in [0.717, 1.165) is 12.1 Å². The molecule has 1 aromatic heterocycles. The number of rotatable bonds is 4. The maximum absolute atomic E-state index is 3.99. The molecule has 0 saturated heterocycles. The molecule has 0 radical (unpaired) electrons. The topological polar surface area (TPSA) is 37.8 Å². The van der Waals surface area contributed by atoms with Crippen molar-refractivity contribution in [3.63, 3.8) is 0 Å². The lowest BCUT2D eigenvalue weighted by molar-refractivity contribution is 0.627. The number of fused-ring (bicyclic) bond motifs is 1. The molecule has 0 bridgehead atoms. The zero-order chi connectivity index (χ0) is 13.8. The van der Waals surface area contributed by atoms with Gasteiger partial charge in [0.15, 0.2) is 0 Å². The van der Waals surface area contributed by atoms with E-state index in [4.69, 9.17) is 0 Å². The maximum Gasteiger partial charge on any atom is 0.0593 e. The minimum atomic E-state index is 0.153. The lowest BCUT2D eigenvalue weighted by atomic mass is 9.97. The van der Waals surface area contributed by atoms with Gasteiger partial charge < -0.3 is 5.32 Å². The van der Waals surface area contributed by atoms with Crippen LogP contribution >= 0.6 is 0 Å². The van der Waals surface area contributed by atoms with E-state index >= 15 is 0 Å². The van der Waals surface area contributed by atoms with Gasteiger partial charge in [-0.15, -0.1) is 0 Å². The molecule has 0 aliphatic rings. The monoisotopic (exact) mass is 263 g/mol. The van der Waals surface area contributed by atoms with Gasteiger partial charge in [-0.3, -0.25) is 0 Å². The van der Waals surface area contributed by atoms with Gasteiger partial charge in [-0.25, -0.2) is 0 Å². The smallest absolute Gasteiger partial charge is 0.0593 e. The molecule has 100 valence electrons. The van der Waals surface area contributed by atoms with Crippen molar-refractivity contribution in [2.24, 2.45) is 0 Å². The molecule has 0 amide bonds. The first-order valence-electron chi connectivity index (χ1n) is 6.87. The fourth-order valence-electron chi connectivity index (χ4n) is 2.49. The van der Waals surface area contributed by atoms with Crippen LogP contribution in [0.3, 0.4) is 0 Å². The van der Waals surface area contributed by atoms with Crippen molar-refractivity contribution in [1.29, 1.82) is 0 Å². The molecule has 1 unspecified atom stereocenters. The Morgan fingerprint density at radius 2 is 1.80 bits per heavy atom. The lowest BCUT2D eigenvalue weighted by Gasteiger charge is -2.18. The average Bonchev–Trinajstić information content (AvgIpc) is 2.53. The van der Waals surface area contributed by atoms with Gasteiger partial charge in [0.1, 0.15) is 0 Å². The molecule has 20 heavy (non-hydrogen) atoms. The van der Waals surface area contributed by atoms with Crippen LogP contribution in [0.15, 0.2) is 60.9 Å². The summed E-state index contributed by atoms with van der Waals surface area (Å²) in [6.45, 7) is 3.02. The summed E-state index contributed by atoms with van der Waals surface area (Å²) in [5, 5.41) is 13.9. The summed E-state index contributed by atoms with van der Waals surface area (Å²) in [5.74, 6) is 0. The van der Waals surface area contributed by atoms with Gasteiger partial charge in [-0.2, -0.15) is 10.2 Å². The molecule has 1 heterocycles. The second kappa shape index (κ2) is 5.80. The predicted octanol–water partition coefficient (Wildman–Crippen LogP) is 3.33. The lowest BCUT2D eigenvalue weighted by Crippen LogP contribution is -2.22. The third-order valence-electron chi connectivity index (χ3n) is 3.46. The van der Waals surface area contributed by atoms with Crippen LogP contribution in [0, 0.1) is 0 Å². The van der Waals surface area contributed by atoms with Crippen LogP contribution in [-0.2, 0) is 0 Å². The average molecular weight is 263 g/mol. The molecule has 3 aromatic rings. The van der Waals surface area contributed by atoms with Gasteiger partial charge in [0, 0.05) is 6.20 Å². The van der Waals surface area contributed by atoms with Crippen molar-refractivity contribution in [2.45, 2.75) is 13.0 Å². The molecular weight excluding hydrogens is 246 g/mol. The van der Waals surface area contributed by atoms with Crippen molar-refractivity contribution >= 4 is 10.8 Å². The fourth-order valence-corrected chi connectivity index (χ4v) is 2.49. The molecule has 0 fully saturated rings. The van der Waals surface area contributed by atoms with E-state index in [1.165, 1.54) is 16.3 Å². The summed E-state index contributed by atoms with van der Waals surface area (Å²) < 4.78 is 0. The molecule has 3 rings (SSSR count). The number of benzene rings is 2. The molecule has 1 atom stereocenters. The molecular formula is C17H17N3. The summed E-state index contributed by atoms with van der Waals surface area (Å²) in [5.41, 5.74) is 2.38. The highest BCUT2D eigenvalue weighted by molar-refractivity contribution is 5.83. The number of hydrogen-bond donors (Lipinski definition) is 1. The molecule has 3 nitrogen and oxygen atoms in total. The van der Waals surface area contributed by atoms with Crippen LogP contribution < -0.4 is 5.32 Å². The third kappa shape index (κ3) is 2.53. The van der Waals surface area contributed by atoms with Crippen LogP contribution in [0.4, 0.5) is 0 Å². The first kappa shape index (κ1) is 12.8. The predicted molar refractivity (Wildman–Crippen MR) is 81.5 cm³/mol. The fraction of sp³-hybridized carbons (Fsp3) is 0.176. The Morgan fingerprint density at radius 3 is 2.55 bits per heavy atom. The van der Waals surface area contributed by atoms with Gasteiger partial charge in [-0.05, 0) is 40.6 Å². The zero-order valence-electron chi connectivity index (χ0n) is 11.5. The van der Waals surface area contributed by atoms with Crippen molar-refractivity contribution < 1.29 is 0 Å². The van der Waals surface area contributed by atoms with Crippen LogP contribution in [0.25, 0.3) is 10.8 Å². The van der Waals surface area contributed by atoms with E-state index in [1.54, 1.807) is 6.20 Å². The second-order valence-corrected chi connectivity index (χ2v) is 4.77. The minimum Gasteiger partial charge on any atom is -0.306 e. The Balaban J connectivity index is 2.05. The van der Waals surface area contributed by atoms with Gasteiger partial charge in [0.2, 0.25) is 0 Å². The Morgan fingerprint density at radius 1 is 0.950 bits per heavy atom. The van der Waals surface area contributed by atoms with E-state index in [9.17, 15) is 0 Å². The van der Waals surface area contributed by atoms with Gasteiger partial charge in [0.25, 0.3) is 0 Å². The number of aromatic nitrogens is 2. The van der Waals surface area contributed by atoms with Crippen LogP contribution in [-0.4, -0.2) is 16.7 Å². The van der Waals surface area contributed by atoms with Gasteiger partial charge in [-0.1, -0.05) is 43.3 Å². The highest BCUT2D eigenvalue weighted by atomic mass is 15.1. The third-order valence-corrected chi connectivity index (χ3v) is 3.46. The van der Waals surface area contributed by atoms with Gasteiger partial charge >= 0.3 is 0 Å². The van der Waals surface area contributed by atoms with Crippen molar-refractivity contribution in [3.05, 3.63) is 72.1 Å². The van der Waals surface area contributed by atoms with E-state index in [2.05, 4.69) is 64.9 Å². The quantitative estimate of drug-likeness (QED) is 0.784. The Hall–Kier alpha value is -2.26. The van der Waals surface area contributed by atoms with Crippen LogP contribution in [0.2, 0.25) is 0 Å². The largest absolute Gasteiger partial charge is 0.306 e. The van der Waals surface area contributed by atoms with Gasteiger partial charge in [0.05, 0.1) is 12.2 Å². The first-order chi connectivity index (χ1) is 9.88. The van der Waals surface area contributed by atoms with E-state index in [0.29, 0.717) is 0 Å². The summed E-state index contributed by atoms with van der Waals surface area (Å²) in [6.07, 6.45) is 3.56. The molecule has 1 N–H and O–H groups in total. The maximum atomic E-state index is 3.99. The summed E-state index contributed by atoms with van der Waals surface area (Å²) in [7, 11) is 0. The Kier molecular flexibility index (Phi) is 3.70. The summed E-state index contributed by atoms with van der Waals surface area (Å²) >= 11 is 0. The first-order valence-corrected chi connectivity index (χ1v) is 6.87. The molecule has 0 aliphatic carbocycles. The van der Waals surface area contributed by atoms with E-state index in [-0.39, 0.29) is 6.04 Å². The standard InChI is InChI=1S/C17H17N3/c1-2-18-17(16-9-10-19-20-12-16)15-8-7-13-5-3-4-6-14(13)11-15/h3-12,17-18H,2H2,1H3. The van der Waals surface area contributed by atoms with Crippen molar-refractivity contribution in [1.82, 2.24) is 15.5 Å². The molecule has 0 spiro atoms. The number of hydrogen-bond acceptors (Lipinski definition) is 3. The van der Waals surface area contributed by atoms with Crippen LogP contribution in [0.5, 0.6) is 0 Å². The molecule has 0 saturated carbocycles. The minimum absolute atomic E-state index is 0.153. The highest BCUT2D eigenvalue weighted by Crippen LogP contribution is 2.24. The van der Waals surface area contributed by atoms with Crippen molar-refractivity contribution in [2.75, 3.05) is 6.54 Å².